The van der Waals surface area contributed by atoms with Gasteiger partial charge in [0, 0.05) is 25.2 Å². The van der Waals surface area contributed by atoms with Gasteiger partial charge in [-0.2, -0.15) is 0 Å². The van der Waals surface area contributed by atoms with E-state index in [1.165, 1.54) is 18.4 Å². The van der Waals surface area contributed by atoms with Crippen LogP contribution in [0.15, 0.2) is 30.3 Å². The first-order valence-corrected chi connectivity index (χ1v) is 7.72. The van der Waals surface area contributed by atoms with E-state index in [0.717, 1.165) is 42.4 Å². The molecule has 0 radical (unpaired) electrons. The van der Waals surface area contributed by atoms with Crippen molar-refractivity contribution < 1.29 is 0 Å². The Balaban J connectivity index is 1.97. The van der Waals surface area contributed by atoms with E-state index in [1.54, 1.807) is 0 Å². The number of hydrogen-bond donors (Lipinski definition) is 1. The SMILES string of the molecule is CCc1ccc(-c2cc(CN)nc(N3CCCC3)n2)cc1. The van der Waals surface area contributed by atoms with Gasteiger partial charge in [0.15, 0.2) is 0 Å². The molecule has 2 aromatic rings. The Hall–Kier alpha value is -1.94. The molecule has 4 heteroatoms. The topological polar surface area (TPSA) is 55.0 Å². The van der Waals surface area contributed by atoms with Gasteiger partial charge in [-0.25, -0.2) is 9.97 Å². The van der Waals surface area contributed by atoms with Crippen molar-refractivity contribution in [2.45, 2.75) is 32.7 Å². The summed E-state index contributed by atoms with van der Waals surface area (Å²) in [5.41, 5.74) is 10.1. The van der Waals surface area contributed by atoms with Crippen molar-refractivity contribution in [3.8, 4) is 11.3 Å². The largest absolute Gasteiger partial charge is 0.341 e. The molecule has 1 fully saturated rings. The van der Waals surface area contributed by atoms with Crippen LogP contribution >= 0.6 is 0 Å². The highest BCUT2D eigenvalue weighted by Crippen LogP contribution is 2.23. The molecule has 0 bridgehead atoms. The molecule has 21 heavy (non-hydrogen) atoms. The lowest BCUT2D eigenvalue weighted by atomic mass is 10.1. The lowest BCUT2D eigenvalue weighted by Gasteiger charge is -2.17. The van der Waals surface area contributed by atoms with Gasteiger partial charge in [0.2, 0.25) is 5.95 Å². The fraction of sp³-hybridized carbons (Fsp3) is 0.412. The highest BCUT2D eigenvalue weighted by atomic mass is 15.3. The maximum Gasteiger partial charge on any atom is 0.226 e. The molecule has 1 aromatic carbocycles. The normalized spacial score (nSPS) is 14.7. The fourth-order valence-electron chi connectivity index (χ4n) is 2.71. The average molecular weight is 282 g/mol. The number of hydrogen-bond acceptors (Lipinski definition) is 4. The van der Waals surface area contributed by atoms with E-state index in [9.17, 15) is 0 Å². The Morgan fingerprint density at radius 3 is 2.43 bits per heavy atom. The molecule has 1 saturated heterocycles. The molecule has 1 aromatic heterocycles. The van der Waals surface area contributed by atoms with Crippen molar-refractivity contribution in [1.82, 2.24) is 9.97 Å². The molecule has 2 N–H and O–H groups in total. The Bertz CT molecular complexity index is 601. The number of benzene rings is 1. The number of aryl methyl sites for hydroxylation is 1. The third-order valence-corrected chi connectivity index (χ3v) is 4.02. The van der Waals surface area contributed by atoms with Gasteiger partial charge in [0.25, 0.3) is 0 Å². The molecular weight excluding hydrogens is 260 g/mol. The average Bonchev–Trinajstić information content (AvgIpc) is 3.09. The molecule has 1 aliphatic rings. The zero-order valence-electron chi connectivity index (χ0n) is 12.5. The molecule has 0 unspecified atom stereocenters. The Kier molecular flexibility index (Phi) is 4.15. The predicted octanol–water partition coefficient (Wildman–Crippen LogP) is 2.76. The quantitative estimate of drug-likeness (QED) is 0.937. The van der Waals surface area contributed by atoms with Crippen molar-refractivity contribution in [1.29, 1.82) is 0 Å². The lowest BCUT2D eigenvalue weighted by Crippen LogP contribution is -2.21. The molecular formula is C17H22N4. The molecule has 1 aliphatic heterocycles. The molecule has 3 rings (SSSR count). The summed E-state index contributed by atoms with van der Waals surface area (Å²) in [5.74, 6) is 0.824. The number of nitrogens with zero attached hydrogens (tertiary/aromatic N) is 3. The second-order valence-corrected chi connectivity index (χ2v) is 5.49. The van der Waals surface area contributed by atoms with Gasteiger partial charge >= 0.3 is 0 Å². The van der Waals surface area contributed by atoms with Crippen LogP contribution in [0.2, 0.25) is 0 Å². The number of anilines is 1. The molecule has 0 aliphatic carbocycles. The molecule has 110 valence electrons. The summed E-state index contributed by atoms with van der Waals surface area (Å²) >= 11 is 0. The van der Waals surface area contributed by atoms with Crippen molar-refractivity contribution in [3.05, 3.63) is 41.6 Å². The first-order valence-electron chi connectivity index (χ1n) is 7.72. The van der Waals surface area contributed by atoms with Crippen LogP contribution in [0.5, 0.6) is 0 Å². The number of nitrogens with two attached hydrogens (primary N) is 1. The first-order chi connectivity index (χ1) is 10.3. The van der Waals surface area contributed by atoms with Gasteiger partial charge in [-0.15, -0.1) is 0 Å². The Morgan fingerprint density at radius 1 is 1.10 bits per heavy atom. The van der Waals surface area contributed by atoms with E-state index in [-0.39, 0.29) is 0 Å². The molecule has 0 amide bonds. The van der Waals surface area contributed by atoms with Crippen LogP contribution in [0.1, 0.15) is 31.0 Å². The first kappa shape index (κ1) is 14.0. The molecule has 2 heterocycles. The Morgan fingerprint density at radius 2 is 1.81 bits per heavy atom. The maximum absolute atomic E-state index is 5.80. The molecule has 4 nitrogen and oxygen atoms in total. The second-order valence-electron chi connectivity index (χ2n) is 5.49. The Labute approximate surface area is 126 Å². The monoisotopic (exact) mass is 282 g/mol. The van der Waals surface area contributed by atoms with E-state index >= 15 is 0 Å². The zero-order chi connectivity index (χ0) is 14.7. The van der Waals surface area contributed by atoms with Gasteiger partial charge in [-0.3, -0.25) is 0 Å². The van der Waals surface area contributed by atoms with Crippen LogP contribution in [-0.2, 0) is 13.0 Å². The van der Waals surface area contributed by atoms with Gasteiger partial charge < -0.3 is 10.6 Å². The third-order valence-electron chi connectivity index (χ3n) is 4.02. The molecule has 0 atom stereocenters. The summed E-state index contributed by atoms with van der Waals surface area (Å²) in [7, 11) is 0. The summed E-state index contributed by atoms with van der Waals surface area (Å²) in [6.07, 6.45) is 3.49. The van der Waals surface area contributed by atoms with Gasteiger partial charge in [-0.05, 0) is 30.9 Å². The minimum absolute atomic E-state index is 0.448. The predicted molar refractivity (Wildman–Crippen MR) is 86.2 cm³/mol. The molecule has 0 saturated carbocycles. The van der Waals surface area contributed by atoms with Crippen molar-refractivity contribution in [3.63, 3.8) is 0 Å². The van der Waals surface area contributed by atoms with Gasteiger partial charge in [0.05, 0.1) is 11.4 Å². The van der Waals surface area contributed by atoms with E-state index in [4.69, 9.17) is 10.7 Å². The smallest absolute Gasteiger partial charge is 0.226 e. The zero-order valence-corrected chi connectivity index (χ0v) is 12.5. The highest BCUT2D eigenvalue weighted by Gasteiger charge is 2.16. The fourth-order valence-corrected chi connectivity index (χ4v) is 2.71. The highest BCUT2D eigenvalue weighted by molar-refractivity contribution is 5.61. The summed E-state index contributed by atoms with van der Waals surface area (Å²) < 4.78 is 0. The van der Waals surface area contributed by atoms with E-state index in [2.05, 4.69) is 41.1 Å². The van der Waals surface area contributed by atoms with Crippen LogP contribution in [0, 0.1) is 0 Å². The van der Waals surface area contributed by atoms with Crippen LogP contribution in [0.3, 0.4) is 0 Å². The number of rotatable bonds is 4. The minimum Gasteiger partial charge on any atom is -0.341 e. The maximum atomic E-state index is 5.80. The molecule has 0 spiro atoms. The van der Waals surface area contributed by atoms with E-state index in [0.29, 0.717) is 6.54 Å². The van der Waals surface area contributed by atoms with E-state index < -0.39 is 0 Å². The summed E-state index contributed by atoms with van der Waals surface area (Å²) in [6, 6.07) is 10.6. The van der Waals surface area contributed by atoms with Crippen molar-refractivity contribution in [2.75, 3.05) is 18.0 Å². The van der Waals surface area contributed by atoms with Gasteiger partial charge in [0.1, 0.15) is 0 Å². The van der Waals surface area contributed by atoms with E-state index in [1.807, 2.05) is 6.07 Å². The summed E-state index contributed by atoms with van der Waals surface area (Å²) in [4.78, 5) is 11.6. The van der Waals surface area contributed by atoms with Crippen LogP contribution in [0.4, 0.5) is 5.95 Å². The minimum atomic E-state index is 0.448. The third kappa shape index (κ3) is 3.05. The van der Waals surface area contributed by atoms with Crippen LogP contribution < -0.4 is 10.6 Å². The summed E-state index contributed by atoms with van der Waals surface area (Å²) in [6.45, 7) is 4.70. The van der Waals surface area contributed by atoms with Crippen molar-refractivity contribution >= 4 is 5.95 Å². The van der Waals surface area contributed by atoms with Crippen molar-refractivity contribution in [2.24, 2.45) is 5.73 Å². The van der Waals surface area contributed by atoms with Crippen LogP contribution in [0.25, 0.3) is 11.3 Å². The standard InChI is InChI=1S/C17H22N4/c1-2-13-5-7-14(8-6-13)16-11-15(12-18)19-17(20-16)21-9-3-4-10-21/h5-8,11H,2-4,9-10,12,18H2,1H3. The second kappa shape index (κ2) is 6.22. The number of aromatic nitrogens is 2. The van der Waals surface area contributed by atoms with Crippen LogP contribution in [-0.4, -0.2) is 23.1 Å². The van der Waals surface area contributed by atoms with Gasteiger partial charge in [-0.1, -0.05) is 31.2 Å². The summed E-state index contributed by atoms with van der Waals surface area (Å²) in [5, 5.41) is 0. The lowest BCUT2D eigenvalue weighted by molar-refractivity contribution is 0.870.